The van der Waals surface area contributed by atoms with Gasteiger partial charge in [-0.15, -0.1) is 34.0 Å². The summed E-state index contributed by atoms with van der Waals surface area (Å²) in [5, 5.41) is 0. The zero-order chi connectivity index (χ0) is 25.0. The van der Waals surface area contributed by atoms with E-state index in [0.29, 0.717) is 24.7 Å². The molecule has 0 fully saturated rings. The highest BCUT2D eigenvalue weighted by Gasteiger charge is 2.21. The summed E-state index contributed by atoms with van der Waals surface area (Å²) in [4.78, 5) is 24.7. The Morgan fingerprint density at radius 3 is 1.20 bits per heavy atom. The molecule has 0 saturated heterocycles. The molecule has 0 N–H and O–H groups in total. The molecule has 0 atom stereocenters. The average molecular weight is 649 g/mol. The van der Waals surface area contributed by atoms with Gasteiger partial charge in [0.2, 0.25) is 0 Å². The quantitative estimate of drug-likeness (QED) is 0.0796. The molecule has 0 rings (SSSR count). The molecule has 0 aromatic carbocycles. The van der Waals surface area contributed by atoms with E-state index in [-0.39, 0.29) is 34.0 Å². The number of rotatable bonds is 24. The van der Waals surface area contributed by atoms with E-state index in [1.807, 2.05) is 11.8 Å². The van der Waals surface area contributed by atoms with E-state index < -0.39 is 0 Å². The Morgan fingerprint density at radius 1 is 0.543 bits per heavy atom. The molecule has 0 saturated carbocycles. The Hall–Kier alpha value is 0.570. The maximum atomic E-state index is 12.4. The number of ketones is 2. The summed E-state index contributed by atoms with van der Waals surface area (Å²) in [6.45, 7) is 7.84. The van der Waals surface area contributed by atoms with Crippen LogP contribution >= 0.6 is 45.7 Å². The number of halogens is 2. The van der Waals surface area contributed by atoms with E-state index in [1.54, 1.807) is 0 Å². The second kappa shape index (κ2) is 24.9. The van der Waals surface area contributed by atoms with Gasteiger partial charge < -0.3 is 8.97 Å². The summed E-state index contributed by atoms with van der Waals surface area (Å²) in [6.07, 6.45) is 16.4. The molecule has 0 radical (unpaired) electrons. The Labute approximate surface area is 244 Å². The molecule has 0 aromatic rings. The van der Waals surface area contributed by atoms with Crippen molar-refractivity contribution in [2.75, 3.05) is 65.9 Å². The van der Waals surface area contributed by atoms with Gasteiger partial charge in [-0.2, -0.15) is 11.8 Å². The Kier molecular flexibility index (Phi) is 28.5. The van der Waals surface area contributed by atoms with Gasteiger partial charge >= 0.3 is 0 Å². The number of hydrogen-bond donors (Lipinski definition) is 0. The van der Waals surface area contributed by atoms with Gasteiger partial charge in [-0.1, -0.05) is 78.1 Å². The highest BCUT2D eigenvalue weighted by Crippen LogP contribution is 2.12. The maximum Gasteiger partial charge on any atom is 0.186 e. The number of carbonyl (C=O) groups is 2. The number of likely N-dealkylation sites (N-methyl/N-ethyl adjacent to an activating group) is 2. The van der Waals surface area contributed by atoms with Crippen molar-refractivity contribution < 1.29 is 18.6 Å². The highest BCUT2D eigenvalue weighted by molar-refractivity contribution is 8.93. The lowest BCUT2D eigenvalue weighted by Gasteiger charge is -2.30. The van der Waals surface area contributed by atoms with Gasteiger partial charge in [-0.05, 0) is 12.8 Å². The monoisotopic (exact) mass is 646 g/mol. The number of carbonyl (C=O) groups excluding carboxylic acids is 2. The standard InChI is InChI=1S/C28H58N2O2S.2BrH/c1-7-9-11-13-15-17-19-27(31)25-29(3,4)21-23-33-24-22-30(5,6)26-28(32)20-18-16-14-12-10-8-2;;/h7-26H2,1-6H3;2*1H/q+2;;. The zero-order valence-corrected chi connectivity index (χ0v) is 28.3. The van der Waals surface area contributed by atoms with Crippen LogP contribution in [0.2, 0.25) is 0 Å². The lowest BCUT2D eigenvalue weighted by Crippen LogP contribution is -2.46. The lowest BCUT2D eigenvalue weighted by atomic mass is 10.1. The van der Waals surface area contributed by atoms with Crippen LogP contribution in [-0.2, 0) is 9.59 Å². The van der Waals surface area contributed by atoms with Gasteiger partial charge in [-0.25, -0.2) is 0 Å². The smallest absolute Gasteiger partial charge is 0.186 e. The molecule has 0 aliphatic carbocycles. The third kappa shape index (κ3) is 27.4. The second-order valence-corrected chi connectivity index (χ2v) is 12.6. The van der Waals surface area contributed by atoms with Gasteiger partial charge in [0.05, 0.1) is 41.3 Å². The van der Waals surface area contributed by atoms with E-state index >= 15 is 0 Å². The van der Waals surface area contributed by atoms with Crippen molar-refractivity contribution in [3.05, 3.63) is 0 Å². The number of unbranched alkanes of at least 4 members (excludes halogenated alkanes) is 10. The minimum atomic E-state index is 0. The Bertz CT molecular complexity index is 473. The molecule has 4 nitrogen and oxygen atoms in total. The molecular formula is C28H60Br2N2O2S+2. The first-order valence-electron chi connectivity index (χ1n) is 13.9. The third-order valence-corrected chi connectivity index (χ3v) is 7.45. The van der Waals surface area contributed by atoms with Crippen LogP contribution in [0, 0.1) is 0 Å². The zero-order valence-electron chi connectivity index (χ0n) is 24.1. The molecule has 0 aliphatic rings. The SMILES string of the molecule is Br.Br.CCCCCCCCC(=O)C[N+](C)(C)CCSCC[N+](C)(C)CC(=O)CCCCCCCC. The Morgan fingerprint density at radius 2 is 0.857 bits per heavy atom. The molecule has 35 heavy (non-hydrogen) atoms. The lowest BCUT2D eigenvalue weighted by molar-refractivity contribution is -0.880. The van der Waals surface area contributed by atoms with Gasteiger partial charge in [0.1, 0.15) is 13.1 Å². The molecule has 0 heterocycles. The number of quaternary nitrogens is 2. The average Bonchev–Trinajstić information content (AvgIpc) is 2.72. The van der Waals surface area contributed by atoms with E-state index in [4.69, 9.17) is 0 Å². The molecule has 0 unspecified atom stereocenters. The fourth-order valence-corrected chi connectivity index (χ4v) is 5.65. The highest BCUT2D eigenvalue weighted by atomic mass is 79.9. The fourth-order valence-electron chi connectivity index (χ4n) is 4.20. The van der Waals surface area contributed by atoms with E-state index in [0.717, 1.165) is 59.2 Å². The molecule has 0 amide bonds. The predicted molar refractivity (Wildman–Crippen MR) is 168 cm³/mol. The summed E-state index contributed by atoms with van der Waals surface area (Å²) in [5.41, 5.74) is 0. The molecule has 212 valence electrons. The predicted octanol–water partition coefficient (Wildman–Crippen LogP) is 7.67. The van der Waals surface area contributed by atoms with Crippen molar-refractivity contribution in [2.24, 2.45) is 0 Å². The first-order valence-corrected chi connectivity index (χ1v) is 15.0. The van der Waals surface area contributed by atoms with E-state index in [9.17, 15) is 9.59 Å². The molecule has 7 heteroatoms. The van der Waals surface area contributed by atoms with Crippen LogP contribution in [0.15, 0.2) is 0 Å². The minimum Gasteiger partial charge on any atom is -0.322 e. The fraction of sp³-hybridized carbons (Fsp3) is 0.929. The van der Waals surface area contributed by atoms with E-state index in [2.05, 4.69) is 42.0 Å². The topological polar surface area (TPSA) is 34.1 Å². The summed E-state index contributed by atoms with van der Waals surface area (Å²) >= 11 is 1.97. The summed E-state index contributed by atoms with van der Waals surface area (Å²) < 4.78 is 1.58. The normalized spacial score (nSPS) is 11.6. The van der Waals surface area contributed by atoms with Crippen LogP contribution in [0.4, 0.5) is 0 Å². The first kappa shape index (κ1) is 40.1. The molecular weight excluding hydrogens is 588 g/mol. The Balaban J connectivity index is -0.00000512. The van der Waals surface area contributed by atoms with Crippen molar-refractivity contribution >= 4 is 57.3 Å². The largest absolute Gasteiger partial charge is 0.322 e. The van der Waals surface area contributed by atoms with Gasteiger partial charge in [0, 0.05) is 24.3 Å². The summed E-state index contributed by atoms with van der Waals surface area (Å²) in [5.74, 6) is 2.98. The number of thioether (sulfide) groups is 1. The second-order valence-electron chi connectivity index (χ2n) is 11.4. The van der Waals surface area contributed by atoms with Crippen molar-refractivity contribution in [1.82, 2.24) is 0 Å². The van der Waals surface area contributed by atoms with Gasteiger partial charge in [0.15, 0.2) is 11.6 Å². The minimum absolute atomic E-state index is 0. The van der Waals surface area contributed by atoms with Gasteiger partial charge in [0.25, 0.3) is 0 Å². The van der Waals surface area contributed by atoms with Gasteiger partial charge in [-0.3, -0.25) is 9.59 Å². The van der Waals surface area contributed by atoms with Crippen LogP contribution < -0.4 is 0 Å². The van der Waals surface area contributed by atoms with Crippen LogP contribution in [-0.4, -0.2) is 86.4 Å². The van der Waals surface area contributed by atoms with Crippen LogP contribution in [0.3, 0.4) is 0 Å². The molecule has 0 bridgehead atoms. The van der Waals surface area contributed by atoms with E-state index in [1.165, 1.54) is 64.2 Å². The molecule has 0 spiro atoms. The summed E-state index contributed by atoms with van der Waals surface area (Å²) in [7, 11) is 8.72. The van der Waals surface area contributed by atoms with Crippen molar-refractivity contribution in [2.45, 2.75) is 104 Å². The van der Waals surface area contributed by atoms with Crippen LogP contribution in [0.5, 0.6) is 0 Å². The number of nitrogens with zero attached hydrogens (tertiary/aromatic N) is 2. The molecule has 0 aromatic heterocycles. The number of hydrogen-bond acceptors (Lipinski definition) is 3. The molecule has 0 aliphatic heterocycles. The van der Waals surface area contributed by atoms with Crippen LogP contribution in [0.1, 0.15) is 104 Å². The van der Waals surface area contributed by atoms with Crippen molar-refractivity contribution in [3.63, 3.8) is 0 Å². The summed E-state index contributed by atoms with van der Waals surface area (Å²) in [6, 6.07) is 0. The third-order valence-electron chi connectivity index (χ3n) is 6.51. The van der Waals surface area contributed by atoms with Crippen LogP contribution in [0.25, 0.3) is 0 Å². The van der Waals surface area contributed by atoms with Crippen molar-refractivity contribution in [3.8, 4) is 0 Å². The maximum absolute atomic E-state index is 12.4. The van der Waals surface area contributed by atoms with Crippen molar-refractivity contribution in [1.29, 1.82) is 0 Å². The first-order chi connectivity index (χ1) is 15.6. The number of Topliss-reactive ketones (excluding diaryl/α,β-unsaturated/α-hetero) is 2.